The van der Waals surface area contributed by atoms with Crippen LogP contribution in [0.5, 0.6) is 0 Å². The lowest BCUT2D eigenvalue weighted by atomic mass is 10.0. The molecule has 0 fully saturated rings. The van der Waals surface area contributed by atoms with Gasteiger partial charge in [0, 0.05) is 29.3 Å². The Hall–Kier alpha value is -2.14. The van der Waals surface area contributed by atoms with Gasteiger partial charge in [-0.05, 0) is 32.0 Å². The van der Waals surface area contributed by atoms with Gasteiger partial charge in [-0.15, -0.1) is 0 Å². The number of nitrogens with two attached hydrogens (primary N) is 1. The standard InChI is InChI=1S/C15H16FN3O/c1-3-19-8-10(7-18-19)14(17)15-9(2)12-6-11(16)4-5-13(12)20-15/h4-8,14H,3,17H2,1-2H3. The van der Waals surface area contributed by atoms with Crippen molar-refractivity contribution in [2.45, 2.75) is 26.4 Å². The Labute approximate surface area is 116 Å². The fraction of sp³-hybridized carbons (Fsp3) is 0.267. The fourth-order valence-corrected chi connectivity index (χ4v) is 2.37. The van der Waals surface area contributed by atoms with E-state index in [4.69, 9.17) is 10.2 Å². The van der Waals surface area contributed by atoms with Crippen molar-refractivity contribution < 1.29 is 8.81 Å². The minimum absolute atomic E-state index is 0.277. The number of benzene rings is 1. The van der Waals surface area contributed by atoms with Gasteiger partial charge >= 0.3 is 0 Å². The highest BCUT2D eigenvalue weighted by Crippen LogP contribution is 2.31. The molecule has 3 aromatic rings. The predicted molar refractivity (Wildman–Crippen MR) is 74.8 cm³/mol. The average molecular weight is 273 g/mol. The molecule has 0 amide bonds. The number of fused-ring (bicyclic) bond motifs is 1. The number of aryl methyl sites for hydroxylation is 2. The van der Waals surface area contributed by atoms with Crippen LogP contribution in [0.15, 0.2) is 35.0 Å². The third-order valence-electron chi connectivity index (χ3n) is 3.55. The first-order valence-electron chi connectivity index (χ1n) is 6.56. The fourth-order valence-electron chi connectivity index (χ4n) is 2.37. The van der Waals surface area contributed by atoms with Crippen LogP contribution in [0.1, 0.15) is 29.9 Å². The number of rotatable bonds is 3. The number of furan rings is 1. The summed E-state index contributed by atoms with van der Waals surface area (Å²) in [6.07, 6.45) is 3.64. The zero-order valence-electron chi connectivity index (χ0n) is 11.4. The Morgan fingerprint density at radius 3 is 2.95 bits per heavy atom. The smallest absolute Gasteiger partial charge is 0.134 e. The highest BCUT2D eigenvalue weighted by Gasteiger charge is 2.20. The van der Waals surface area contributed by atoms with Crippen molar-refractivity contribution in [3.8, 4) is 0 Å². The Bertz CT molecular complexity index is 760. The van der Waals surface area contributed by atoms with Gasteiger partial charge in [-0.1, -0.05) is 0 Å². The van der Waals surface area contributed by atoms with Crippen molar-refractivity contribution in [1.29, 1.82) is 0 Å². The summed E-state index contributed by atoms with van der Waals surface area (Å²) >= 11 is 0. The van der Waals surface area contributed by atoms with Gasteiger partial charge in [0.15, 0.2) is 0 Å². The molecule has 5 heteroatoms. The second kappa shape index (κ2) is 4.76. The molecule has 0 aliphatic rings. The van der Waals surface area contributed by atoms with Crippen molar-refractivity contribution in [2.75, 3.05) is 0 Å². The van der Waals surface area contributed by atoms with Crippen molar-refractivity contribution in [3.63, 3.8) is 0 Å². The molecule has 0 aliphatic carbocycles. The second-order valence-corrected chi connectivity index (χ2v) is 4.84. The predicted octanol–water partition coefficient (Wildman–Crippen LogP) is 3.14. The summed E-state index contributed by atoms with van der Waals surface area (Å²) < 4.78 is 20.9. The van der Waals surface area contributed by atoms with Gasteiger partial charge in [-0.3, -0.25) is 4.68 Å². The van der Waals surface area contributed by atoms with Gasteiger partial charge in [-0.25, -0.2) is 4.39 Å². The largest absolute Gasteiger partial charge is 0.459 e. The van der Waals surface area contributed by atoms with Crippen LogP contribution in [0.3, 0.4) is 0 Å². The third kappa shape index (κ3) is 2.00. The lowest BCUT2D eigenvalue weighted by Crippen LogP contribution is -2.11. The van der Waals surface area contributed by atoms with Crippen LogP contribution in [0.25, 0.3) is 11.0 Å². The number of aromatic nitrogens is 2. The monoisotopic (exact) mass is 273 g/mol. The van der Waals surface area contributed by atoms with E-state index in [0.29, 0.717) is 11.3 Å². The maximum atomic E-state index is 13.3. The molecule has 1 atom stereocenters. The van der Waals surface area contributed by atoms with Crippen molar-refractivity contribution in [2.24, 2.45) is 5.73 Å². The molecule has 0 bridgehead atoms. The molecule has 0 saturated heterocycles. The van der Waals surface area contributed by atoms with Crippen LogP contribution in [0.4, 0.5) is 4.39 Å². The van der Waals surface area contributed by atoms with Gasteiger partial charge in [0.05, 0.1) is 12.2 Å². The Kier molecular flexibility index (Phi) is 3.06. The minimum atomic E-state index is -0.397. The summed E-state index contributed by atoms with van der Waals surface area (Å²) in [7, 11) is 0. The molecular formula is C15H16FN3O. The molecule has 104 valence electrons. The first-order chi connectivity index (χ1) is 9.60. The number of halogens is 1. The topological polar surface area (TPSA) is 57.0 Å². The first kappa shape index (κ1) is 12.9. The Morgan fingerprint density at radius 2 is 2.25 bits per heavy atom. The van der Waals surface area contributed by atoms with E-state index >= 15 is 0 Å². The molecule has 0 radical (unpaired) electrons. The first-order valence-corrected chi connectivity index (χ1v) is 6.56. The van der Waals surface area contributed by atoms with E-state index in [-0.39, 0.29) is 5.82 Å². The maximum Gasteiger partial charge on any atom is 0.134 e. The highest BCUT2D eigenvalue weighted by molar-refractivity contribution is 5.82. The molecule has 2 N–H and O–H groups in total. The second-order valence-electron chi connectivity index (χ2n) is 4.84. The normalized spacial score (nSPS) is 13.0. The van der Waals surface area contributed by atoms with Crippen LogP contribution in [-0.4, -0.2) is 9.78 Å². The molecule has 1 aromatic carbocycles. The highest BCUT2D eigenvalue weighted by atomic mass is 19.1. The SMILES string of the molecule is CCn1cc(C(N)c2oc3ccc(F)cc3c2C)cn1. The molecule has 0 spiro atoms. The van der Waals surface area contributed by atoms with Crippen LogP contribution >= 0.6 is 0 Å². The van der Waals surface area contributed by atoms with E-state index in [1.165, 1.54) is 12.1 Å². The molecule has 2 aromatic heterocycles. The average Bonchev–Trinajstić information content (AvgIpc) is 3.04. The van der Waals surface area contributed by atoms with Crippen molar-refractivity contribution in [1.82, 2.24) is 9.78 Å². The van der Waals surface area contributed by atoms with E-state index in [0.717, 1.165) is 23.1 Å². The number of hydrogen-bond donors (Lipinski definition) is 1. The van der Waals surface area contributed by atoms with Crippen LogP contribution in [-0.2, 0) is 6.54 Å². The lowest BCUT2D eigenvalue weighted by Gasteiger charge is -2.07. The van der Waals surface area contributed by atoms with Gasteiger partial charge in [0.25, 0.3) is 0 Å². The Balaban J connectivity index is 2.07. The van der Waals surface area contributed by atoms with Gasteiger partial charge in [0.1, 0.15) is 17.2 Å². The molecule has 1 unspecified atom stereocenters. The summed E-state index contributed by atoms with van der Waals surface area (Å²) in [5, 5.41) is 4.98. The molecule has 3 rings (SSSR count). The zero-order valence-corrected chi connectivity index (χ0v) is 11.4. The van der Waals surface area contributed by atoms with E-state index < -0.39 is 6.04 Å². The lowest BCUT2D eigenvalue weighted by molar-refractivity contribution is 0.520. The van der Waals surface area contributed by atoms with Crippen LogP contribution in [0.2, 0.25) is 0 Å². The number of hydrogen-bond acceptors (Lipinski definition) is 3. The van der Waals surface area contributed by atoms with E-state index in [1.54, 1.807) is 12.3 Å². The minimum Gasteiger partial charge on any atom is -0.459 e. The van der Waals surface area contributed by atoms with Crippen molar-refractivity contribution in [3.05, 3.63) is 53.3 Å². The van der Waals surface area contributed by atoms with E-state index in [2.05, 4.69) is 5.10 Å². The third-order valence-corrected chi connectivity index (χ3v) is 3.55. The summed E-state index contributed by atoms with van der Waals surface area (Å²) in [4.78, 5) is 0. The van der Waals surface area contributed by atoms with E-state index in [9.17, 15) is 4.39 Å². The van der Waals surface area contributed by atoms with E-state index in [1.807, 2.05) is 24.7 Å². The summed E-state index contributed by atoms with van der Waals surface area (Å²) in [6.45, 7) is 4.69. The summed E-state index contributed by atoms with van der Waals surface area (Å²) in [5.74, 6) is 0.376. The van der Waals surface area contributed by atoms with Gasteiger partial charge in [0.2, 0.25) is 0 Å². The summed E-state index contributed by atoms with van der Waals surface area (Å²) in [6, 6.07) is 4.09. The van der Waals surface area contributed by atoms with Gasteiger partial charge in [-0.2, -0.15) is 5.10 Å². The molecule has 4 nitrogen and oxygen atoms in total. The zero-order chi connectivity index (χ0) is 14.3. The van der Waals surface area contributed by atoms with Crippen LogP contribution < -0.4 is 5.73 Å². The molecule has 2 heterocycles. The molecule has 0 aliphatic heterocycles. The number of nitrogens with zero attached hydrogens (tertiary/aromatic N) is 2. The molecular weight excluding hydrogens is 257 g/mol. The van der Waals surface area contributed by atoms with Crippen molar-refractivity contribution >= 4 is 11.0 Å². The summed E-state index contributed by atoms with van der Waals surface area (Å²) in [5.41, 5.74) is 8.65. The maximum absolute atomic E-state index is 13.3. The van der Waals surface area contributed by atoms with Gasteiger partial charge < -0.3 is 10.2 Å². The Morgan fingerprint density at radius 1 is 1.45 bits per heavy atom. The molecule has 20 heavy (non-hydrogen) atoms. The quantitative estimate of drug-likeness (QED) is 0.797. The molecule has 0 saturated carbocycles. The van der Waals surface area contributed by atoms with Crippen LogP contribution in [0, 0.1) is 12.7 Å².